The maximum absolute atomic E-state index is 5.73. The Kier molecular flexibility index (Phi) is 3.22. The number of aryl methyl sites for hydroxylation is 1. The Hall–Kier alpha value is -0.900. The third-order valence-electron chi connectivity index (χ3n) is 1.78. The third kappa shape index (κ3) is 2.30. The van der Waals surface area contributed by atoms with Crippen LogP contribution in [0.5, 0.6) is 0 Å². The van der Waals surface area contributed by atoms with Gasteiger partial charge in [-0.15, -0.1) is 0 Å². The quantitative estimate of drug-likeness (QED) is 0.727. The van der Waals surface area contributed by atoms with Crippen molar-refractivity contribution >= 4 is 0 Å². The van der Waals surface area contributed by atoms with E-state index in [0.717, 1.165) is 18.7 Å². The fourth-order valence-corrected chi connectivity index (χ4v) is 0.896. The molecule has 0 saturated carbocycles. The monoisotopic (exact) mass is 169 g/mol. The van der Waals surface area contributed by atoms with E-state index in [2.05, 4.69) is 10.1 Å². The van der Waals surface area contributed by atoms with Gasteiger partial charge in [0.25, 0.3) is 0 Å². The average molecular weight is 169 g/mol. The summed E-state index contributed by atoms with van der Waals surface area (Å²) < 4.78 is 4.94. The molecule has 0 aromatic carbocycles. The molecule has 12 heavy (non-hydrogen) atoms. The summed E-state index contributed by atoms with van der Waals surface area (Å²) in [4.78, 5) is 4.16. The first-order valence-electron chi connectivity index (χ1n) is 4.33. The minimum Gasteiger partial charge on any atom is -0.339 e. The first-order valence-corrected chi connectivity index (χ1v) is 4.33. The maximum Gasteiger partial charge on any atom is 0.226 e. The fourth-order valence-electron chi connectivity index (χ4n) is 0.896. The highest BCUT2D eigenvalue weighted by atomic mass is 16.5. The predicted octanol–water partition coefficient (Wildman–Crippen LogP) is 0.912. The Morgan fingerprint density at radius 2 is 2.25 bits per heavy atom. The summed E-state index contributed by atoms with van der Waals surface area (Å²) in [5.74, 6) is 1.41. The molecule has 0 amide bonds. The first kappa shape index (κ1) is 9.19. The lowest BCUT2D eigenvalue weighted by Gasteiger charge is -2.02. The van der Waals surface area contributed by atoms with Gasteiger partial charge >= 0.3 is 0 Å². The number of hydrogen-bond donors (Lipinski definition) is 1. The molecular weight excluding hydrogens is 154 g/mol. The molecule has 68 valence electrons. The van der Waals surface area contributed by atoms with Crippen LogP contribution in [0.4, 0.5) is 0 Å². The normalized spacial score (nSPS) is 13.2. The highest BCUT2D eigenvalue weighted by molar-refractivity contribution is 4.88. The van der Waals surface area contributed by atoms with Crippen molar-refractivity contribution in [3.63, 3.8) is 0 Å². The topological polar surface area (TPSA) is 64.9 Å². The van der Waals surface area contributed by atoms with Gasteiger partial charge in [0.15, 0.2) is 5.82 Å². The second-order valence-corrected chi connectivity index (χ2v) is 2.83. The van der Waals surface area contributed by atoms with Gasteiger partial charge in [0.05, 0.1) is 0 Å². The molecule has 4 heteroatoms. The standard InChI is InChI=1S/C8H15N3O/c1-3-6(9)5-7-10-8(4-2)12-11-7/h6H,3-5,9H2,1-2H3. The van der Waals surface area contributed by atoms with Crippen LogP contribution in [-0.4, -0.2) is 16.2 Å². The van der Waals surface area contributed by atoms with E-state index in [9.17, 15) is 0 Å². The summed E-state index contributed by atoms with van der Waals surface area (Å²) in [5.41, 5.74) is 5.73. The molecule has 1 aromatic heterocycles. The Morgan fingerprint density at radius 3 is 2.75 bits per heavy atom. The molecule has 2 N–H and O–H groups in total. The van der Waals surface area contributed by atoms with Gasteiger partial charge in [-0.25, -0.2) is 0 Å². The number of nitrogens with zero attached hydrogens (tertiary/aromatic N) is 2. The van der Waals surface area contributed by atoms with Crippen molar-refractivity contribution in [3.8, 4) is 0 Å². The molecule has 4 nitrogen and oxygen atoms in total. The van der Waals surface area contributed by atoms with Crippen molar-refractivity contribution in [2.24, 2.45) is 5.73 Å². The maximum atomic E-state index is 5.73. The fraction of sp³-hybridized carbons (Fsp3) is 0.750. The Labute approximate surface area is 72.1 Å². The molecule has 0 fully saturated rings. The molecule has 1 aromatic rings. The second kappa shape index (κ2) is 4.21. The summed E-state index contributed by atoms with van der Waals surface area (Å²) in [6.07, 6.45) is 2.43. The molecule has 0 spiro atoms. The third-order valence-corrected chi connectivity index (χ3v) is 1.78. The van der Waals surface area contributed by atoms with Crippen LogP contribution in [0.2, 0.25) is 0 Å². The lowest BCUT2D eigenvalue weighted by Crippen LogP contribution is -2.21. The van der Waals surface area contributed by atoms with Crippen LogP contribution in [0.15, 0.2) is 4.52 Å². The van der Waals surface area contributed by atoms with Crippen molar-refractivity contribution in [2.45, 2.75) is 39.2 Å². The van der Waals surface area contributed by atoms with E-state index in [1.807, 2.05) is 13.8 Å². The van der Waals surface area contributed by atoms with Crippen molar-refractivity contribution < 1.29 is 4.52 Å². The van der Waals surface area contributed by atoms with Crippen LogP contribution in [0, 0.1) is 0 Å². The molecule has 0 aliphatic carbocycles. The van der Waals surface area contributed by atoms with Gasteiger partial charge in [-0.05, 0) is 6.42 Å². The minimum absolute atomic E-state index is 0.146. The van der Waals surface area contributed by atoms with E-state index >= 15 is 0 Å². The Balaban J connectivity index is 2.52. The molecule has 1 atom stereocenters. The van der Waals surface area contributed by atoms with Crippen LogP contribution in [0.25, 0.3) is 0 Å². The van der Waals surface area contributed by atoms with Gasteiger partial charge < -0.3 is 10.3 Å². The zero-order chi connectivity index (χ0) is 8.97. The van der Waals surface area contributed by atoms with Gasteiger partial charge in [-0.3, -0.25) is 0 Å². The molecular formula is C8H15N3O. The lowest BCUT2D eigenvalue weighted by atomic mass is 10.2. The SMILES string of the molecule is CCc1nc(CC(N)CC)no1. The molecule has 1 unspecified atom stereocenters. The minimum atomic E-state index is 0.146. The van der Waals surface area contributed by atoms with E-state index in [-0.39, 0.29) is 6.04 Å². The van der Waals surface area contributed by atoms with Crippen LogP contribution < -0.4 is 5.73 Å². The van der Waals surface area contributed by atoms with Crippen molar-refractivity contribution in [1.29, 1.82) is 0 Å². The molecule has 0 aliphatic heterocycles. The summed E-state index contributed by atoms with van der Waals surface area (Å²) >= 11 is 0. The van der Waals surface area contributed by atoms with Gasteiger partial charge in [-0.1, -0.05) is 19.0 Å². The molecule has 0 aliphatic rings. The lowest BCUT2D eigenvalue weighted by molar-refractivity contribution is 0.375. The Bertz CT molecular complexity index is 234. The smallest absolute Gasteiger partial charge is 0.226 e. The van der Waals surface area contributed by atoms with Crippen LogP contribution in [0.3, 0.4) is 0 Å². The van der Waals surface area contributed by atoms with E-state index in [1.54, 1.807) is 0 Å². The molecule has 0 saturated heterocycles. The number of nitrogens with two attached hydrogens (primary N) is 1. The van der Waals surface area contributed by atoms with Crippen molar-refractivity contribution in [3.05, 3.63) is 11.7 Å². The van der Waals surface area contributed by atoms with Gasteiger partial charge in [0.1, 0.15) is 0 Å². The van der Waals surface area contributed by atoms with Gasteiger partial charge in [-0.2, -0.15) is 4.98 Å². The number of hydrogen-bond acceptors (Lipinski definition) is 4. The summed E-state index contributed by atoms with van der Waals surface area (Å²) in [7, 11) is 0. The van der Waals surface area contributed by atoms with Crippen LogP contribution in [-0.2, 0) is 12.8 Å². The molecule has 0 bridgehead atoms. The Morgan fingerprint density at radius 1 is 1.50 bits per heavy atom. The van der Waals surface area contributed by atoms with E-state index in [0.29, 0.717) is 12.3 Å². The number of rotatable bonds is 4. The van der Waals surface area contributed by atoms with Crippen LogP contribution >= 0.6 is 0 Å². The summed E-state index contributed by atoms with van der Waals surface area (Å²) in [6, 6.07) is 0.146. The highest BCUT2D eigenvalue weighted by Crippen LogP contribution is 2.01. The van der Waals surface area contributed by atoms with E-state index in [1.165, 1.54) is 0 Å². The predicted molar refractivity (Wildman–Crippen MR) is 45.6 cm³/mol. The summed E-state index contributed by atoms with van der Waals surface area (Å²) in [5, 5.41) is 3.81. The van der Waals surface area contributed by atoms with Crippen LogP contribution in [0.1, 0.15) is 32.0 Å². The molecule has 1 heterocycles. The van der Waals surface area contributed by atoms with Crippen molar-refractivity contribution in [2.75, 3.05) is 0 Å². The average Bonchev–Trinajstić information content (AvgIpc) is 2.52. The number of aromatic nitrogens is 2. The summed E-state index contributed by atoms with van der Waals surface area (Å²) in [6.45, 7) is 4.03. The van der Waals surface area contributed by atoms with Gasteiger partial charge in [0, 0.05) is 18.9 Å². The van der Waals surface area contributed by atoms with Gasteiger partial charge in [0.2, 0.25) is 5.89 Å². The highest BCUT2D eigenvalue weighted by Gasteiger charge is 2.07. The zero-order valence-electron chi connectivity index (χ0n) is 7.58. The zero-order valence-corrected chi connectivity index (χ0v) is 7.58. The van der Waals surface area contributed by atoms with Crippen molar-refractivity contribution in [1.82, 2.24) is 10.1 Å². The van der Waals surface area contributed by atoms with E-state index in [4.69, 9.17) is 10.3 Å². The molecule has 1 rings (SSSR count). The van der Waals surface area contributed by atoms with E-state index < -0.39 is 0 Å². The first-order chi connectivity index (χ1) is 5.76. The second-order valence-electron chi connectivity index (χ2n) is 2.83. The largest absolute Gasteiger partial charge is 0.339 e. The molecule has 0 radical (unpaired) electrons.